The van der Waals surface area contributed by atoms with Gasteiger partial charge in [0.1, 0.15) is 0 Å². The van der Waals surface area contributed by atoms with Crippen LogP contribution in [-0.4, -0.2) is 37.0 Å². The smallest absolute Gasteiger partial charge is 0.253 e. The predicted molar refractivity (Wildman–Crippen MR) is 133 cm³/mol. The van der Waals surface area contributed by atoms with Gasteiger partial charge in [0.25, 0.3) is 5.79 Å². The zero-order chi connectivity index (χ0) is 24.8. The molecule has 0 radical (unpaired) electrons. The second-order valence-electron chi connectivity index (χ2n) is 10.9. The van der Waals surface area contributed by atoms with Crippen molar-refractivity contribution in [3.8, 4) is 0 Å². The molecule has 3 atom stereocenters. The molecular weight excluding hydrogens is 404 g/mol. The van der Waals surface area contributed by atoms with Crippen LogP contribution >= 0.6 is 0 Å². The lowest BCUT2D eigenvalue weighted by molar-refractivity contribution is -0.511. The number of hydrogen-bond donors (Lipinski definition) is 0. The minimum absolute atomic E-state index is 0.0242. The van der Waals surface area contributed by atoms with E-state index in [1.54, 1.807) is 0 Å². The molecule has 194 valence electrons. The number of rotatable bonds is 19. The summed E-state index contributed by atoms with van der Waals surface area (Å²) >= 11 is 0. The van der Waals surface area contributed by atoms with Gasteiger partial charge in [0.15, 0.2) is 0 Å². The zero-order valence-electron chi connectivity index (χ0n) is 23.3. The summed E-state index contributed by atoms with van der Waals surface area (Å²) in [7, 11) is 0. The number of hydrogen-bond acceptors (Lipinski definition) is 5. The molecule has 32 heavy (non-hydrogen) atoms. The van der Waals surface area contributed by atoms with E-state index in [0.717, 1.165) is 32.1 Å². The van der Waals surface area contributed by atoms with Crippen LogP contribution in [0, 0.1) is 11.3 Å². The van der Waals surface area contributed by atoms with E-state index in [1.807, 2.05) is 6.92 Å². The summed E-state index contributed by atoms with van der Waals surface area (Å²) in [6, 6.07) is 0. The largest absolute Gasteiger partial charge is 0.345 e. The number of unbranched alkanes of at least 4 members (excludes halogenated alkanes) is 3. The lowest BCUT2D eigenvalue weighted by Gasteiger charge is -2.49. The molecule has 0 aromatic heterocycles. The van der Waals surface area contributed by atoms with E-state index in [-0.39, 0.29) is 17.6 Å². The Labute approximate surface area is 200 Å². The predicted octanol–water partition coefficient (Wildman–Crippen LogP) is 8.06. The molecule has 0 aliphatic heterocycles. The van der Waals surface area contributed by atoms with E-state index in [9.17, 15) is 0 Å². The van der Waals surface area contributed by atoms with Gasteiger partial charge in [0.05, 0.1) is 25.4 Å². The van der Waals surface area contributed by atoms with Crippen molar-refractivity contribution in [3.63, 3.8) is 0 Å². The molecule has 0 aromatic carbocycles. The van der Waals surface area contributed by atoms with E-state index in [2.05, 4.69) is 69.2 Å². The van der Waals surface area contributed by atoms with Gasteiger partial charge >= 0.3 is 0 Å². The highest BCUT2D eigenvalue weighted by Crippen LogP contribution is 2.41. The first kappa shape index (κ1) is 31.8. The molecular formula is C27H56O5. The quantitative estimate of drug-likeness (QED) is 0.0844. The van der Waals surface area contributed by atoms with Crippen LogP contribution in [0.1, 0.15) is 128 Å². The van der Waals surface area contributed by atoms with Gasteiger partial charge in [-0.2, -0.15) is 4.89 Å². The molecule has 3 unspecified atom stereocenters. The molecule has 0 bridgehead atoms. The normalized spacial score (nSPS) is 17.5. The standard InChI is InChI=1S/C27H56O5/c1-12-16-17-18-20-29-32-26(11,31-24(14-3)15-4)27(19-13-2,28-21-25(8,9)10)30-23(7)22(5)6/h22-24H,12-21H2,1-11H3. The van der Waals surface area contributed by atoms with Crippen molar-refractivity contribution in [1.82, 2.24) is 0 Å². The third-order valence-corrected chi connectivity index (χ3v) is 5.93. The van der Waals surface area contributed by atoms with Crippen LogP contribution in [0.2, 0.25) is 0 Å². The maximum absolute atomic E-state index is 6.73. The van der Waals surface area contributed by atoms with E-state index in [1.165, 1.54) is 12.8 Å². The van der Waals surface area contributed by atoms with Gasteiger partial charge < -0.3 is 14.2 Å². The van der Waals surface area contributed by atoms with Crippen molar-refractivity contribution in [2.75, 3.05) is 13.2 Å². The van der Waals surface area contributed by atoms with Crippen molar-refractivity contribution in [3.05, 3.63) is 0 Å². The average Bonchev–Trinajstić information content (AvgIpc) is 2.72. The van der Waals surface area contributed by atoms with Crippen LogP contribution in [0.5, 0.6) is 0 Å². The third kappa shape index (κ3) is 11.3. The fraction of sp³-hybridized carbons (Fsp3) is 1.00. The molecule has 5 nitrogen and oxygen atoms in total. The highest BCUT2D eigenvalue weighted by atomic mass is 17.2. The van der Waals surface area contributed by atoms with Crippen LogP contribution in [0.15, 0.2) is 0 Å². The molecule has 0 aliphatic carbocycles. The van der Waals surface area contributed by atoms with Crippen LogP contribution in [0.3, 0.4) is 0 Å². The summed E-state index contributed by atoms with van der Waals surface area (Å²) in [4.78, 5) is 11.9. The van der Waals surface area contributed by atoms with Crippen molar-refractivity contribution in [1.29, 1.82) is 0 Å². The van der Waals surface area contributed by atoms with Crippen molar-refractivity contribution < 1.29 is 24.0 Å². The van der Waals surface area contributed by atoms with Crippen LogP contribution in [0.25, 0.3) is 0 Å². The molecule has 0 saturated heterocycles. The van der Waals surface area contributed by atoms with E-state index < -0.39 is 11.6 Å². The van der Waals surface area contributed by atoms with Crippen LogP contribution in [0.4, 0.5) is 0 Å². The van der Waals surface area contributed by atoms with Gasteiger partial charge in [-0.25, -0.2) is 4.89 Å². The molecule has 5 heteroatoms. The van der Waals surface area contributed by atoms with E-state index >= 15 is 0 Å². The fourth-order valence-corrected chi connectivity index (χ4v) is 3.42. The highest BCUT2D eigenvalue weighted by molar-refractivity contribution is 4.88. The SMILES string of the molecule is CCCCCCOOC(C)(OC(CC)CC)C(CCC)(OCC(C)(C)C)OC(C)C(C)C. The maximum Gasteiger partial charge on any atom is 0.253 e. The first-order chi connectivity index (χ1) is 14.9. The first-order valence-electron chi connectivity index (χ1n) is 13.2. The molecule has 0 saturated carbocycles. The van der Waals surface area contributed by atoms with Gasteiger partial charge in [-0.1, -0.05) is 88.0 Å². The summed E-state index contributed by atoms with van der Waals surface area (Å²) in [5, 5.41) is 0. The average molecular weight is 461 g/mol. The minimum Gasteiger partial charge on any atom is -0.345 e. The van der Waals surface area contributed by atoms with Crippen molar-refractivity contribution in [2.24, 2.45) is 11.3 Å². The zero-order valence-corrected chi connectivity index (χ0v) is 23.3. The molecule has 0 N–H and O–H groups in total. The van der Waals surface area contributed by atoms with Crippen molar-refractivity contribution >= 4 is 0 Å². The third-order valence-electron chi connectivity index (χ3n) is 5.93. The molecule has 0 spiro atoms. The Morgan fingerprint density at radius 3 is 1.84 bits per heavy atom. The van der Waals surface area contributed by atoms with Gasteiger partial charge in [-0.3, -0.25) is 0 Å². The minimum atomic E-state index is -1.20. The summed E-state index contributed by atoms with van der Waals surface area (Å²) in [6.45, 7) is 24.5. The Bertz CT molecular complexity index is 457. The number of ether oxygens (including phenoxy) is 3. The molecule has 0 rings (SSSR count). The van der Waals surface area contributed by atoms with Gasteiger partial charge in [-0.05, 0) is 44.4 Å². The first-order valence-corrected chi connectivity index (χ1v) is 13.2. The second kappa shape index (κ2) is 15.7. The second-order valence-corrected chi connectivity index (χ2v) is 10.9. The monoisotopic (exact) mass is 460 g/mol. The Hall–Kier alpha value is -0.200. The molecule has 0 aromatic rings. The fourth-order valence-electron chi connectivity index (χ4n) is 3.42. The Kier molecular flexibility index (Phi) is 15.6. The molecule has 0 amide bonds. The maximum atomic E-state index is 6.73. The highest BCUT2D eigenvalue weighted by Gasteiger charge is 2.56. The topological polar surface area (TPSA) is 46.2 Å². The summed E-state index contributed by atoms with van der Waals surface area (Å²) in [5.41, 5.74) is -0.0275. The Morgan fingerprint density at radius 1 is 0.750 bits per heavy atom. The lowest BCUT2D eigenvalue weighted by Crippen LogP contribution is -2.62. The van der Waals surface area contributed by atoms with Gasteiger partial charge in [0.2, 0.25) is 5.79 Å². The Morgan fingerprint density at radius 2 is 1.38 bits per heavy atom. The molecule has 0 heterocycles. The van der Waals surface area contributed by atoms with Crippen LogP contribution in [-0.2, 0) is 24.0 Å². The van der Waals surface area contributed by atoms with E-state index in [4.69, 9.17) is 24.0 Å². The summed E-state index contributed by atoms with van der Waals surface area (Å²) in [6.07, 6.45) is 7.77. The Balaban J connectivity index is 6.04. The summed E-state index contributed by atoms with van der Waals surface area (Å²) < 4.78 is 20.0. The van der Waals surface area contributed by atoms with Gasteiger partial charge in [-0.15, -0.1) is 0 Å². The molecule has 0 aliphatic rings. The van der Waals surface area contributed by atoms with Crippen molar-refractivity contribution in [2.45, 2.75) is 151 Å². The van der Waals surface area contributed by atoms with E-state index in [0.29, 0.717) is 25.6 Å². The van der Waals surface area contributed by atoms with Crippen LogP contribution < -0.4 is 0 Å². The van der Waals surface area contributed by atoms with Gasteiger partial charge in [0, 0.05) is 6.42 Å². The summed E-state index contributed by atoms with van der Waals surface area (Å²) in [5.74, 6) is -1.94. The lowest BCUT2D eigenvalue weighted by atomic mass is 9.96. The molecule has 0 fully saturated rings.